The minimum atomic E-state index is -0.960. The maximum atomic E-state index is 14.2. The van der Waals surface area contributed by atoms with E-state index in [1.807, 2.05) is 0 Å². The summed E-state index contributed by atoms with van der Waals surface area (Å²) in [7, 11) is 3.36. The summed E-state index contributed by atoms with van der Waals surface area (Å²) in [5.74, 6) is -4.27. The molecule has 1 unspecified atom stereocenters. The molecule has 4 aromatic rings. The van der Waals surface area contributed by atoms with E-state index in [-0.39, 0.29) is 17.5 Å². The lowest BCUT2D eigenvalue weighted by molar-refractivity contribution is -0.126. The second-order valence-corrected chi connectivity index (χ2v) is 9.46. The Morgan fingerprint density at radius 1 is 0.900 bits per heavy atom. The van der Waals surface area contributed by atoms with Gasteiger partial charge in [-0.3, -0.25) is 19.5 Å². The van der Waals surface area contributed by atoms with E-state index in [0.717, 1.165) is 24.3 Å². The van der Waals surface area contributed by atoms with Gasteiger partial charge >= 0.3 is 0 Å². The number of hydrogen-bond acceptors (Lipinski definition) is 4. The number of nitrogens with one attached hydrogen (secondary N) is 1. The molecule has 3 aromatic carbocycles. The highest BCUT2D eigenvalue weighted by molar-refractivity contribution is 5.94. The van der Waals surface area contributed by atoms with Gasteiger partial charge in [0, 0.05) is 17.8 Å². The molecule has 1 heterocycles. The van der Waals surface area contributed by atoms with Crippen LogP contribution in [0.25, 0.3) is 11.1 Å². The summed E-state index contributed by atoms with van der Waals surface area (Å²) in [6, 6.07) is 13.8. The Morgan fingerprint density at radius 2 is 1.57 bits per heavy atom. The average molecular weight is 551 g/mol. The monoisotopic (exact) mass is 550 g/mol. The number of nitrogens with zero attached hydrogens (tertiary/aromatic N) is 2. The van der Waals surface area contributed by atoms with Crippen LogP contribution in [0.2, 0.25) is 0 Å². The molecule has 0 aliphatic heterocycles. The minimum absolute atomic E-state index is 0.0577. The molecule has 206 valence electrons. The van der Waals surface area contributed by atoms with Gasteiger partial charge in [-0.2, -0.15) is 0 Å². The van der Waals surface area contributed by atoms with E-state index in [0.29, 0.717) is 22.4 Å². The molecule has 10 heteroatoms. The molecule has 0 spiro atoms. The Morgan fingerprint density at radius 3 is 2.20 bits per heavy atom. The first-order chi connectivity index (χ1) is 19.0. The number of pyridine rings is 1. The fourth-order valence-corrected chi connectivity index (χ4v) is 4.58. The highest BCUT2D eigenvalue weighted by atomic mass is 19.1. The minimum Gasteiger partial charge on any atom is -0.366 e. The molecule has 0 aliphatic rings. The fraction of sp³-hybridized carbons (Fsp3) is 0.167. The maximum absolute atomic E-state index is 14.2. The largest absolute Gasteiger partial charge is 0.366 e. The molecule has 0 fully saturated rings. The molecule has 1 aromatic heterocycles. The Labute approximate surface area is 228 Å². The first kappa shape index (κ1) is 28.4. The normalized spacial score (nSPS) is 12.7. The Balaban J connectivity index is 1.80. The van der Waals surface area contributed by atoms with Gasteiger partial charge in [0.05, 0.1) is 17.3 Å². The van der Waals surface area contributed by atoms with Gasteiger partial charge < -0.3 is 11.1 Å². The number of benzene rings is 3. The number of rotatable bonds is 9. The van der Waals surface area contributed by atoms with Crippen LogP contribution in [0.3, 0.4) is 0 Å². The second kappa shape index (κ2) is 12.1. The van der Waals surface area contributed by atoms with Crippen LogP contribution in [-0.2, 0) is 11.2 Å². The number of carbonyl (C=O) groups is 2. The number of likely N-dealkylation sites (N-methyl/N-ethyl adjacent to an activating group) is 1. The lowest BCUT2D eigenvalue weighted by Gasteiger charge is -2.28. The van der Waals surface area contributed by atoms with E-state index < -0.39 is 47.2 Å². The molecule has 3 N–H and O–H groups in total. The van der Waals surface area contributed by atoms with Gasteiger partial charge in [0.1, 0.15) is 29.3 Å². The Hall–Kier alpha value is -4.57. The number of primary amides is 1. The quantitative estimate of drug-likeness (QED) is 0.284. The van der Waals surface area contributed by atoms with Crippen molar-refractivity contribution in [3.8, 4) is 11.1 Å². The van der Waals surface area contributed by atoms with E-state index >= 15 is 0 Å². The Bertz CT molecular complexity index is 1520. The molecule has 4 rings (SSSR count). The SMILES string of the molecule is CN(C)[C@H](C(=O)NC(Cc1cc(F)cc(F)c1)c1ncccc1-c1ccc(F)c(C(N)=O)c1)c1ccc(F)cc1. The number of carbonyl (C=O) groups excluding carboxylic acids is 2. The van der Waals surface area contributed by atoms with Gasteiger partial charge in [-0.05, 0) is 79.7 Å². The average Bonchev–Trinajstić information content (AvgIpc) is 2.89. The zero-order chi connectivity index (χ0) is 29.0. The summed E-state index contributed by atoms with van der Waals surface area (Å²) < 4.78 is 55.9. The van der Waals surface area contributed by atoms with Crippen molar-refractivity contribution in [1.29, 1.82) is 0 Å². The van der Waals surface area contributed by atoms with Crippen molar-refractivity contribution in [1.82, 2.24) is 15.2 Å². The van der Waals surface area contributed by atoms with E-state index in [2.05, 4.69) is 10.3 Å². The van der Waals surface area contributed by atoms with Gasteiger partial charge in [0.15, 0.2) is 0 Å². The predicted molar refractivity (Wildman–Crippen MR) is 142 cm³/mol. The van der Waals surface area contributed by atoms with E-state index in [9.17, 15) is 27.2 Å². The van der Waals surface area contributed by atoms with Crippen LogP contribution in [0.5, 0.6) is 0 Å². The van der Waals surface area contributed by atoms with Gasteiger partial charge in [-0.15, -0.1) is 0 Å². The zero-order valence-corrected chi connectivity index (χ0v) is 21.7. The van der Waals surface area contributed by atoms with Crippen LogP contribution in [0.4, 0.5) is 17.6 Å². The summed E-state index contributed by atoms with van der Waals surface area (Å²) in [5, 5.41) is 2.93. The first-order valence-corrected chi connectivity index (χ1v) is 12.3. The molecule has 6 nitrogen and oxygen atoms in total. The standard InChI is InChI=1S/C30H26F4N4O2/c1-38(2)28(18-5-8-20(31)9-6-18)30(40)37-26(14-17-12-21(32)16-22(33)13-17)27-23(4-3-11-36-27)19-7-10-25(34)24(15-19)29(35)39/h3-13,15-16,26,28H,14H2,1-2H3,(H2,35,39)(H,37,40)/t26?,28-/m0/s1. The molecule has 40 heavy (non-hydrogen) atoms. The van der Waals surface area contributed by atoms with Crippen molar-refractivity contribution >= 4 is 11.8 Å². The highest BCUT2D eigenvalue weighted by Crippen LogP contribution is 2.31. The molecule has 2 amide bonds. The maximum Gasteiger partial charge on any atom is 0.251 e. The molecular formula is C30H26F4N4O2. The van der Waals surface area contributed by atoms with Crippen LogP contribution in [0, 0.1) is 23.3 Å². The molecular weight excluding hydrogens is 524 g/mol. The van der Waals surface area contributed by atoms with Crippen molar-refractivity contribution in [2.75, 3.05) is 14.1 Å². The number of hydrogen-bond donors (Lipinski definition) is 2. The van der Waals surface area contributed by atoms with Crippen molar-refractivity contribution in [2.45, 2.75) is 18.5 Å². The third-order valence-electron chi connectivity index (χ3n) is 6.34. The molecule has 2 atom stereocenters. The second-order valence-electron chi connectivity index (χ2n) is 9.46. The third kappa shape index (κ3) is 6.52. The zero-order valence-electron chi connectivity index (χ0n) is 21.7. The van der Waals surface area contributed by atoms with E-state index in [1.165, 1.54) is 42.6 Å². The highest BCUT2D eigenvalue weighted by Gasteiger charge is 2.28. The lowest BCUT2D eigenvalue weighted by Crippen LogP contribution is -2.40. The van der Waals surface area contributed by atoms with Crippen LogP contribution in [0.1, 0.15) is 39.3 Å². The summed E-state index contributed by atoms with van der Waals surface area (Å²) in [6.45, 7) is 0. The van der Waals surface area contributed by atoms with Crippen molar-refractivity contribution in [3.63, 3.8) is 0 Å². The predicted octanol–water partition coefficient (Wildman–Crippen LogP) is 5.11. The van der Waals surface area contributed by atoms with Gasteiger partial charge in [0.2, 0.25) is 5.91 Å². The van der Waals surface area contributed by atoms with Crippen molar-refractivity contribution in [3.05, 3.63) is 125 Å². The molecule has 0 bridgehead atoms. The summed E-state index contributed by atoms with van der Waals surface area (Å²) in [6.07, 6.45) is 1.42. The van der Waals surface area contributed by atoms with Crippen molar-refractivity contribution < 1.29 is 27.2 Å². The van der Waals surface area contributed by atoms with Crippen LogP contribution < -0.4 is 11.1 Å². The van der Waals surface area contributed by atoms with Crippen molar-refractivity contribution in [2.24, 2.45) is 5.73 Å². The first-order valence-electron chi connectivity index (χ1n) is 12.3. The smallest absolute Gasteiger partial charge is 0.251 e. The number of halogens is 4. The number of nitrogens with two attached hydrogens (primary N) is 1. The number of amides is 2. The van der Waals surface area contributed by atoms with Crippen LogP contribution >= 0.6 is 0 Å². The summed E-state index contributed by atoms with van der Waals surface area (Å²) in [4.78, 5) is 31.6. The summed E-state index contributed by atoms with van der Waals surface area (Å²) >= 11 is 0. The molecule has 0 saturated carbocycles. The topological polar surface area (TPSA) is 88.3 Å². The number of aromatic nitrogens is 1. The van der Waals surface area contributed by atoms with E-state index in [1.54, 1.807) is 31.1 Å². The van der Waals surface area contributed by atoms with Gasteiger partial charge in [0.25, 0.3) is 5.91 Å². The van der Waals surface area contributed by atoms with Crippen LogP contribution in [0.15, 0.2) is 79.0 Å². The fourth-order valence-electron chi connectivity index (χ4n) is 4.58. The molecule has 0 aliphatic carbocycles. The Kier molecular flexibility index (Phi) is 8.59. The van der Waals surface area contributed by atoms with Gasteiger partial charge in [-0.25, -0.2) is 17.6 Å². The third-order valence-corrected chi connectivity index (χ3v) is 6.34. The lowest BCUT2D eigenvalue weighted by atomic mass is 9.94. The molecule has 0 saturated heterocycles. The van der Waals surface area contributed by atoms with E-state index in [4.69, 9.17) is 5.73 Å². The molecule has 0 radical (unpaired) electrons. The van der Waals surface area contributed by atoms with Gasteiger partial charge in [-0.1, -0.05) is 24.3 Å². The summed E-state index contributed by atoms with van der Waals surface area (Å²) in [5.41, 5.74) is 6.91. The van der Waals surface area contributed by atoms with Crippen LogP contribution in [-0.4, -0.2) is 35.8 Å².